The van der Waals surface area contributed by atoms with Crippen LogP contribution in [-0.4, -0.2) is 0 Å². The first-order chi connectivity index (χ1) is 12.7. The summed E-state index contributed by atoms with van der Waals surface area (Å²) in [5, 5.41) is 0. The zero-order valence-electron chi connectivity index (χ0n) is 13.7. The summed E-state index contributed by atoms with van der Waals surface area (Å²) in [5.41, 5.74) is -1.84. The number of thiol groups is 1. The zero-order valence-corrected chi connectivity index (χ0v) is 14.6. The van der Waals surface area contributed by atoms with Crippen molar-refractivity contribution in [3.63, 3.8) is 0 Å². The van der Waals surface area contributed by atoms with Gasteiger partial charge in [-0.1, -0.05) is 42.5 Å². The van der Waals surface area contributed by atoms with Crippen molar-refractivity contribution in [2.75, 3.05) is 0 Å². The third-order valence-corrected chi connectivity index (χ3v) is 6.47. The largest absolute Gasteiger partial charge is 0.417 e. The van der Waals surface area contributed by atoms with Crippen LogP contribution in [0.4, 0.5) is 26.3 Å². The summed E-state index contributed by atoms with van der Waals surface area (Å²) in [6, 6.07) is 17.6. The SMILES string of the molecule is FC(F)(F)c1ccccc1[SH](c1ccccc1)c1ccccc1C(F)(F)F. The molecule has 0 aliphatic carbocycles. The first-order valence-electron chi connectivity index (χ1n) is 7.87. The van der Waals surface area contributed by atoms with Crippen LogP contribution in [0.5, 0.6) is 0 Å². The molecule has 0 fully saturated rings. The van der Waals surface area contributed by atoms with E-state index in [1.807, 2.05) is 0 Å². The maximum Gasteiger partial charge on any atom is 0.417 e. The lowest BCUT2D eigenvalue weighted by Gasteiger charge is -2.28. The minimum Gasteiger partial charge on any atom is -0.172 e. The second kappa shape index (κ2) is 7.31. The Labute approximate surface area is 154 Å². The van der Waals surface area contributed by atoms with Crippen molar-refractivity contribution in [2.45, 2.75) is 27.0 Å². The Bertz CT molecular complexity index is 858. The van der Waals surface area contributed by atoms with Gasteiger partial charge in [-0.05, 0) is 41.3 Å². The van der Waals surface area contributed by atoms with Crippen molar-refractivity contribution in [3.05, 3.63) is 90.0 Å². The molecule has 3 rings (SSSR count). The number of rotatable bonds is 3. The van der Waals surface area contributed by atoms with Crippen LogP contribution in [0.3, 0.4) is 0 Å². The maximum absolute atomic E-state index is 13.6. The first kappa shape index (κ1) is 19.4. The normalized spacial score (nSPS) is 12.7. The highest BCUT2D eigenvalue weighted by Crippen LogP contribution is 2.57. The third kappa shape index (κ3) is 4.13. The van der Waals surface area contributed by atoms with E-state index in [1.165, 1.54) is 36.4 Å². The summed E-state index contributed by atoms with van der Waals surface area (Å²) in [6.45, 7) is 0. The summed E-state index contributed by atoms with van der Waals surface area (Å²) in [6.07, 6.45) is -9.34. The van der Waals surface area contributed by atoms with Gasteiger partial charge in [-0.2, -0.15) is 37.2 Å². The van der Waals surface area contributed by atoms with Crippen LogP contribution in [0.2, 0.25) is 0 Å². The van der Waals surface area contributed by atoms with Crippen molar-refractivity contribution >= 4 is 10.9 Å². The lowest BCUT2D eigenvalue weighted by atomic mass is 10.2. The van der Waals surface area contributed by atoms with E-state index in [2.05, 4.69) is 0 Å². The molecule has 3 aromatic rings. The van der Waals surface area contributed by atoms with Gasteiger partial charge >= 0.3 is 12.4 Å². The molecule has 0 aromatic heterocycles. The minimum absolute atomic E-state index is 0.150. The molecule has 3 aromatic carbocycles. The predicted octanol–water partition coefficient (Wildman–Crippen LogP) is 7.20. The van der Waals surface area contributed by atoms with Crippen LogP contribution in [0.25, 0.3) is 0 Å². The van der Waals surface area contributed by atoms with E-state index in [-0.39, 0.29) is 9.79 Å². The van der Waals surface area contributed by atoms with E-state index in [0.717, 1.165) is 12.1 Å². The molecule has 0 aliphatic heterocycles. The first-order valence-corrected chi connectivity index (χ1v) is 9.21. The van der Waals surface area contributed by atoms with Crippen LogP contribution in [0, 0.1) is 0 Å². The van der Waals surface area contributed by atoms with Gasteiger partial charge in [0.15, 0.2) is 0 Å². The molecule has 0 unspecified atom stereocenters. The predicted molar refractivity (Wildman–Crippen MR) is 93.1 cm³/mol. The Morgan fingerprint density at radius 2 is 0.852 bits per heavy atom. The topological polar surface area (TPSA) is 0 Å². The van der Waals surface area contributed by atoms with Gasteiger partial charge in [0.05, 0.1) is 11.1 Å². The molecule has 0 N–H and O–H groups in total. The van der Waals surface area contributed by atoms with Gasteiger partial charge in [-0.15, -0.1) is 0 Å². The van der Waals surface area contributed by atoms with Crippen LogP contribution in [0.15, 0.2) is 93.5 Å². The van der Waals surface area contributed by atoms with Crippen LogP contribution in [-0.2, 0) is 12.4 Å². The molecular weight excluding hydrogens is 386 g/mol. The molecule has 142 valence electrons. The van der Waals surface area contributed by atoms with Crippen LogP contribution < -0.4 is 0 Å². The van der Waals surface area contributed by atoms with Crippen molar-refractivity contribution in [3.8, 4) is 0 Å². The molecule has 0 saturated heterocycles. The quantitative estimate of drug-likeness (QED) is 0.349. The van der Waals surface area contributed by atoms with Gasteiger partial charge in [0.2, 0.25) is 0 Å². The zero-order chi connectivity index (χ0) is 19.7. The van der Waals surface area contributed by atoms with Gasteiger partial charge in [-0.25, -0.2) is 0 Å². The molecule has 0 aliphatic rings. The number of alkyl halides is 6. The van der Waals surface area contributed by atoms with E-state index in [4.69, 9.17) is 0 Å². The highest BCUT2D eigenvalue weighted by Gasteiger charge is 2.38. The third-order valence-electron chi connectivity index (χ3n) is 3.92. The van der Waals surface area contributed by atoms with Crippen LogP contribution >= 0.6 is 10.9 Å². The number of hydrogen-bond donors (Lipinski definition) is 1. The average Bonchev–Trinajstić information content (AvgIpc) is 2.62. The van der Waals surface area contributed by atoms with E-state index >= 15 is 0 Å². The Kier molecular flexibility index (Phi) is 5.24. The molecular formula is C20H14F6S. The summed E-state index contributed by atoms with van der Waals surface area (Å²) >= 11 is 0. The summed E-state index contributed by atoms with van der Waals surface area (Å²) in [4.78, 5) is 0.117. The van der Waals surface area contributed by atoms with Crippen LogP contribution in [0.1, 0.15) is 11.1 Å². The molecule has 0 spiro atoms. The van der Waals surface area contributed by atoms with Crippen molar-refractivity contribution < 1.29 is 26.3 Å². The average molecular weight is 400 g/mol. The number of benzene rings is 3. The highest BCUT2D eigenvalue weighted by molar-refractivity contribution is 8.17. The Morgan fingerprint density at radius 3 is 1.26 bits per heavy atom. The van der Waals surface area contributed by atoms with Crippen molar-refractivity contribution in [1.82, 2.24) is 0 Å². The molecule has 0 saturated carbocycles. The van der Waals surface area contributed by atoms with E-state index in [1.54, 1.807) is 30.3 Å². The monoisotopic (exact) mass is 400 g/mol. The highest BCUT2D eigenvalue weighted by atomic mass is 32.2. The van der Waals surface area contributed by atoms with E-state index < -0.39 is 34.4 Å². The lowest BCUT2D eigenvalue weighted by Crippen LogP contribution is -2.11. The molecule has 7 heteroatoms. The molecule has 0 amide bonds. The standard InChI is InChI=1S/C20H14F6S/c21-19(22,23)15-10-4-6-12-17(15)27(14-8-2-1-3-9-14)18-13-7-5-11-16(18)20(24,25)26/h1-13,27H. The van der Waals surface area contributed by atoms with Gasteiger partial charge in [0.25, 0.3) is 0 Å². The Hall–Kier alpha value is -2.41. The van der Waals surface area contributed by atoms with Gasteiger partial charge in [-0.3, -0.25) is 0 Å². The molecule has 0 bridgehead atoms. The summed E-state index contributed by atoms with van der Waals surface area (Å²) in [7, 11) is -2.06. The Balaban J connectivity index is 2.32. The van der Waals surface area contributed by atoms with Gasteiger partial charge < -0.3 is 0 Å². The Morgan fingerprint density at radius 1 is 0.481 bits per heavy atom. The summed E-state index contributed by atoms with van der Waals surface area (Å²) < 4.78 is 81.4. The fourth-order valence-corrected chi connectivity index (χ4v) is 5.44. The van der Waals surface area contributed by atoms with E-state index in [0.29, 0.717) is 4.90 Å². The molecule has 27 heavy (non-hydrogen) atoms. The van der Waals surface area contributed by atoms with Gasteiger partial charge in [0.1, 0.15) is 0 Å². The number of halogens is 6. The fraction of sp³-hybridized carbons (Fsp3) is 0.100. The fourth-order valence-electron chi connectivity index (χ4n) is 2.80. The summed E-state index contributed by atoms with van der Waals surface area (Å²) in [5.74, 6) is 0. The molecule has 0 heterocycles. The molecule has 0 radical (unpaired) electrons. The second-order valence-corrected chi connectivity index (χ2v) is 7.85. The maximum atomic E-state index is 13.6. The smallest absolute Gasteiger partial charge is 0.172 e. The van der Waals surface area contributed by atoms with Crippen molar-refractivity contribution in [2.24, 2.45) is 0 Å². The molecule has 0 atom stereocenters. The van der Waals surface area contributed by atoms with Crippen molar-refractivity contribution in [1.29, 1.82) is 0 Å². The number of hydrogen-bond acceptors (Lipinski definition) is 0. The second-order valence-electron chi connectivity index (χ2n) is 5.70. The van der Waals surface area contributed by atoms with E-state index in [9.17, 15) is 26.3 Å². The van der Waals surface area contributed by atoms with Gasteiger partial charge in [0, 0.05) is 9.79 Å². The lowest BCUT2D eigenvalue weighted by molar-refractivity contribution is -0.140. The minimum atomic E-state index is -4.67. The molecule has 0 nitrogen and oxygen atoms in total.